The molecule has 0 aliphatic carbocycles. The minimum Gasteiger partial charge on any atom is -0.348 e. The number of rotatable bonds is 6. The quantitative estimate of drug-likeness (QED) is 0.499. The Morgan fingerprint density at radius 1 is 0.857 bits per heavy atom. The van der Waals surface area contributed by atoms with Gasteiger partial charge in [0, 0.05) is 12.1 Å². The molecule has 0 saturated carbocycles. The number of nitrogens with one attached hydrogen (secondary N) is 1. The van der Waals surface area contributed by atoms with Crippen LogP contribution in [0.5, 0.6) is 0 Å². The van der Waals surface area contributed by atoms with Gasteiger partial charge in [-0.25, -0.2) is 13.6 Å². The fourth-order valence-electron chi connectivity index (χ4n) is 2.69. The van der Waals surface area contributed by atoms with Crippen LogP contribution in [0.15, 0.2) is 89.8 Å². The average Bonchev–Trinajstić information content (AvgIpc) is 2.71. The van der Waals surface area contributed by atoms with Crippen molar-refractivity contribution in [3.05, 3.63) is 102 Å². The van der Waals surface area contributed by atoms with Gasteiger partial charge in [-0.3, -0.25) is 4.79 Å². The van der Waals surface area contributed by atoms with Gasteiger partial charge in [0.2, 0.25) is 10.0 Å². The number of carbonyl (C=O) groups is 1. The minimum atomic E-state index is -3.73. The van der Waals surface area contributed by atoms with E-state index in [4.69, 9.17) is 5.14 Å². The molecule has 5 nitrogen and oxygen atoms in total. The first-order valence-electron chi connectivity index (χ1n) is 8.65. The zero-order valence-corrected chi connectivity index (χ0v) is 15.9. The maximum absolute atomic E-state index is 12.9. The molecule has 142 valence electrons. The first kappa shape index (κ1) is 19.5. The van der Waals surface area contributed by atoms with Crippen molar-refractivity contribution in [1.29, 1.82) is 0 Å². The van der Waals surface area contributed by atoms with Crippen LogP contribution in [0.25, 0.3) is 11.6 Å². The summed E-state index contributed by atoms with van der Waals surface area (Å²) in [5.74, 6) is -0.217. The predicted molar refractivity (Wildman–Crippen MR) is 110 cm³/mol. The zero-order chi connectivity index (χ0) is 20.0. The highest BCUT2D eigenvalue weighted by atomic mass is 32.2. The molecule has 0 spiro atoms. The van der Waals surface area contributed by atoms with Crippen LogP contribution in [0.3, 0.4) is 0 Å². The molecule has 0 aliphatic heterocycles. The van der Waals surface area contributed by atoms with E-state index in [1.165, 1.54) is 12.1 Å². The molecule has 3 aromatic carbocycles. The number of amides is 1. The highest BCUT2D eigenvalue weighted by Gasteiger charge is 2.12. The summed E-state index contributed by atoms with van der Waals surface area (Å²) in [7, 11) is -3.73. The van der Waals surface area contributed by atoms with E-state index >= 15 is 0 Å². The first-order chi connectivity index (χ1) is 13.4. The van der Waals surface area contributed by atoms with E-state index in [1.807, 2.05) is 66.7 Å². The summed E-state index contributed by atoms with van der Waals surface area (Å²) in [5, 5.41) is 7.99. The molecule has 3 N–H and O–H groups in total. The lowest BCUT2D eigenvalue weighted by atomic mass is 10.0. The number of sulfonamides is 1. The van der Waals surface area contributed by atoms with Crippen LogP contribution in [-0.4, -0.2) is 14.3 Å². The molecule has 1 amide bonds. The van der Waals surface area contributed by atoms with Gasteiger partial charge in [-0.2, -0.15) is 0 Å². The first-order valence-corrected chi connectivity index (χ1v) is 10.2. The Kier molecular flexibility index (Phi) is 6.03. The van der Waals surface area contributed by atoms with Crippen molar-refractivity contribution in [1.82, 2.24) is 5.32 Å². The van der Waals surface area contributed by atoms with Crippen LogP contribution in [-0.2, 0) is 21.4 Å². The highest BCUT2D eigenvalue weighted by molar-refractivity contribution is 7.89. The average molecular weight is 392 g/mol. The summed E-state index contributed by atoms with van der Waals surface area (Å²) >= 11 is 0. The minimum absolute atomic E-state index is 0.0384. The monoisotopic (exact) mass is 392 g/mol. The largest absolute Gasteiger partial charge is 0.348 e. The lowest BCUT2D eigenvalue weighted by Crippen LogP contribution is -2.24. The van der Waals surface area contributed by atoms with Crippen molar-refractivity contribution >= 4 is 27.6 Å². The Hall–Kier alpha value is -3.22. The smallest absolute Gasteiger partial charge is 0.252 e. The third kappa shape index (κ3) is 5.16. The fraction of sp³-hybridized carbons (Fsp3) is 0.0455. The van der Waals surface area contributed by atoms with Crippen LogP contribution in [0, 0.1) is 0 Å². The predicted octanol–water partition coefficient (Wildman–Crippen LogP) is 3.19. The number of hydrogen-bond donors (Lipinski definition) is 2. The van der Waals surface area contributed by atoms with Gasteiger partial charge >= 0.3 is 0 Å². The molecule has 0 radical (unpaired) electrons. The Balaban J connectivity index is 1.79. The van der Waals surface area contributed by atoms with E-state index < -0.39 is 10.0 Å². The maximum Gasteiger partial charge on any atom is 0.252 e. The second-order valence-corrected chi connectivity index (χ2v) is 7.77. The Morgan fingerprint density at radius 3 is 2.00 bits per heavy atom. The van der Waals surface area contributed by atoms with Gasteiger partial charge < -0.3 is 5.32 Å². The molecule has 0 aliphatic rings. The van der Waals surface area contributed by atoms with Crippen LogP contribution < -0.4 is 10.5 Å². The number of nitrogens with two attached hydrogens (primary N) is 1. The van der Waals surface area contributed by atoms with Gasteiger partial charge in [0.15, 0.2) is 0 Å². The third-order valence-electron chi connectivity index (χ3n) is 4.14. The summed E-state index contributed by atoms with van der Waals surface area (Å²) < 4.78 is 22.7. The summed E-state index contributed by atoms with van der Waals surface area (Å²) in [4.78, 5) is 12.9. The van der Waals surface area contributed by atoms with E-state index in [-0.39, 0.29) is 17.3 Å². The lowest BCUT2D eigenvalue weighted by molar-refractivity contribution is -0.115. The van der Waals surface area contributed by atoms with E-state index in [9.17, 15) is 13.2 Å². The third-order valence-corrected chi connectivity index (χ3v) is 5.07. The summed E-state index contributed by atoms with van der Waals surface area (Å²) in [5.41, 5.74) is 3.06. The Labute approximate surface area is 164 Å². The van der Waals surface area contributed by atoms with Crippen LogP contribution in [0.2, 0.25) is 0 Å². The molecule has 0 aromatic heterocycles. The van der Waals surface area contributed by atoms with Crippen LogP contribution in [0.1, 0.15) is 16.7 Å². The van der Waals surface area contributed by atoms with Gasteiger partial charge in [-0.1, -0.05) is 72.8 Å². The summed E-state index contributed by atoms with van der Waals surface area (Å²) in [6.45, 7) is 0.267. The fourth-order valence-corrected chi connectivity index (χ4v) is 3.20. The van der Waals surface area contributed by atoms with E-state index in [2.05, 4.69) is 5.32 Å². The van der Waals surface area contributed by atoms with E-state index in [0.717, 1.165) is 16.7 Å². The van der Waals surface area contributed by atoms with Crippen molar-refractivity contribution in [2.75, 3.05) is 0 Å². The number of hydrogen-bond acceptors (Lipinski definition) is 3. The molecule has 3 aromatic rings. The standard InChI is InChI=1S/C22H20N2O3S/c23-28(26,27)20-13-11-18(12-14-20)16-24-22(25)21(19-9-5-2-6-10-19)15-17-7-3-1-4-8-17/h1-15H,16H2,(H,24,25)(H2,23,26,27). The molecular formula is C22H20N2O3S. The molecule has 3 rings (SSSR count). The molecule has 0 unspecified atom stereocenters. The number of primary sulfonamides is 1. The SMILES string of the molecule is NS(=O)(=O)c1ccc(CNC(=O)C(=Cc2ccccc2)c2ccccc2)cc1. The Bertz CT molecular complexity index is 1080. The summed E-state index contributed by atoms with van der Waals surface area (Å²) in [6.07, 6.45) is 1.84. The van der Waals surface area contributed by atoms with E-state index in [1.54, 1.807) is 12.1 Å². The molecule has 0 heterocycles. The maximum atomic E-state index is 12.9. The second kappa shape index (κ2) is 8.65. The molecule has 6 heteroatoms. The van der Waals surface area contributed by atoms with Gasteiger partial charge in [-0.05, 0) is 34.9 Å². The molecule has 0 fully saturated rings. The van der Waals surface area contributed by atoms with Crippen molar-refractivity contribution in [3.63, 3.8) is 0 Å². The van der Waals surface area contributed by atoms with Gasteiger partial charge in [0.1, 0.15) is 0 Å². The van der Waals surface area contributed by atoms with Gasteiger partial charge in [0.05, 0.1) is 4.90 Å². The molecule has 0 atom stereocenters. The topological polar surface area (TPSA) is 89.3 Å². The lowest BCUT2D eigenvalue weighted by Gasteiger charge is -2.10. The normalized spacial score (nSPS) is 11.8. The van der Waals surface area contributed by atoms with Crippen LogP contribution >= 0.6 is 0 Å². The molecule has 0 bridgehead atoms. The Morgan fingerprint density at radius 2 is 1.43 bits per heavy atom. The van der Waals surface area contributed by atoms with Crippen molar-refractivity contribution in [2.24, 2.45) is 5.14 Å². The molecular weight excluding hydrogens is 372 g/mol. The van der Waals surface area contributed by atoms with Crippen molar-refractivity contribution < 1.29 is 13.2 Å². The number of benzene rings is 3. The summed E-state index contributed by atoms with van der Waals surface area (Å²) in [6, 6.07) is 25.2. The molecule has 28 heavy (non-hydrogen) atoms. The molecule has 0 saturated heterocycles. The van der Waals surface area contributed by atoms with Crippen molar-refractivity contribution in [3.8, 4) is 0 Å². The van der Waals surface area contributed by atoms with Crippen molar-refractivity contribution in [2.45, 2.75) is 11.4 Å². The highest BCUT2D eigenvalue weighted by Crippen LogP contribution is 2.19. The van der Waals surface area contributed by atoms with Crippen LogP contribution in [0.4, 0.5) is 0 Å². The van der Waals surface area contributed by atoms with E-state index in [0.29, 0.717) is 5.57 Å². The second-order valence-electron chi connectivity index (χ2n) is 6.21. The van der Waals surface area contributed by atoms with Gasteiger partial charge in [-0.15, -0.1) is 0 Å². The number of carbonyl (C=O) groups excluding carboxylic acids is 1. The van der Waals surface area contributed by atoms with Gasteiger partial charge in [0.25, 0.3) is 5.91 Å². The zero-order valence-electron chi connectivity index (χ0n) is 15.1.